The van der Waals surface area contributed by atoms with Crippen molar-refractivity contribution >= 4 is 17.2 Å². The molecular formula is C14H16N2O3S. The number of aryl methyl sites for hydroxylation is 1. The number of rotatable bonds is 6. The minimum atomic E-state index is -0.653. The molecule has 20 heavy (non-hydrogen) atoms. The molecule has 106 valence electrons. The molecule has 1 atom stereocenters. The van der Waals surface area contributed by atoms with Crippen LogP contribution in [0.25, 0.3) is 0 Å². The molecule has 0 saturated carbocycles. The number of thiazole rings is 1. The minimum Gasteiger partial charge on any atom is -0.487 e. The second-order valence-corrected chi connectivity index (χ2v) is 5.34. The van der Waals surface area contributed by atoms with E-state index >= 15 is 0 Å². The van der Waals surface area contributed by atoms with Crippen molar-refractivity contribution in [2.75, 3.05) is 0 Å². The number of benzene rings is 1. The van der Waals surface area contributed by atoms with Gasteiger partial charge in [-0.05, 0) is 38.1 Å². The predicted molar refractivity (Wildman–Crippen MR) is 76.9 cm³/mol. The largest absolute Gasteiger partial charge is 0.487 e. The lowest BCUT2D eigenvalue weighted by atomic mass is 10.3. The number of ether oxygens (including phenoxy) is 2. The molecule has 5 nitrogen and oxygen atoms in total. The van der Waals surface area contributed by atoms with Gasteiger partial charge in [-0.25, -0.2) is 4.98 Å². The fourth-order valence-electron chi connectivity index (χ4n) is 1.51. The van der Waals surface area contributed by atoms with Crippen LogP contribution in [-0.2, 0) is 11.4 Å². The number of aromatic nitrogens is 1. The first-order valence-electron chi connectivity index (χ1n) is 6.14. The molecular weight excluding hydrogens is 276 g/mol. The zero-order valence-electron chi connectivity index (χ0n) is 11.3. The maximum atomic E-state index is 10.9. The van der Waals surface area contributed by atoms with Gasteiger partial charge in [0.15, 0.2) is 6.10 Å². The van der Waals surface area contributed by atoms with Crippen molar-refractivity contribution in [1.29, 1.82) is 0 Å². The van der Waals surface area contributed by atoms with E-state index in [1.807, 2.05) is 12.3 Å². The van der Waals surface area contributed by atoms with Crippen molar-refractivity contribution < 1.29 is 14.3 Å². The predicted octanol–water partition coefficient (Wildman–Crippen LogP) is 2.28. The Morgan fingerprint density at radius 3 is 2.55 bits per heavy atom. The SMILES string of the molecule is Cc1nc(COc2ccc(OC(C)C(N)=O)cc2)cs1. The molecule has 2 rings (SSSR count). The lowest BCUT2D eigenvalue weighted by molar-refractivity contribution is -0.123. The minimum absolute atomic E-state index is 0.433. The Bertz CT molecular complexity index is 580. The number of hydrogen-bond acceptors (Lipinski definition) is 5. The van der Waals surface area contributed by atoms with E-state index in [9.17, 15) is 4.79 Å². The summed E-state index contributed by atoms with van der Waals surface area (Å²) in [6, 6.07) is 7.03. The summed E-state index contributed by atoms with van der Waals surface area (Å²) in [5.41, 5.74) is 6.05. The zero-order chi connectivity index (χ0) is 14.5. The lowest BCUT2D eigenvalue weighted by Crippen LogP contribution is -2.30. The van der Waals surface area contributed by atoms with Gasteiger partial charge in [-0.1, -0.05) is 0 Å². The first-order valence-corrected chi connectivity index (χ1v) is 7.02. The summed E-state index contributed by atoms with van der Waals surface area (Å²) in [5, 5.41) is 2.99. The van der Waals surface area contributed by atoms with E-state index in [0.717, 1.165) is 16.5 Å². The molecule has 0 spiro atoms. The third-order valence-corrected chi connectivity index (χ3v) is 3.41. The van der Waals surface area contributed by atoms with Crippen molar-refractivity contribution in [3.05, 3.63) is 40.3 Å². The molecule has 1 unspecified atom stereocenters. The summed E-state index contributed by atoms with van der Waals surface area (Å²) in [6.45, 7) is 4.00. The van der Waals surface area contributed by atoms with Gasteiger partial charge in [-0.2, -0.15) is 0 Å². The summed E-state index contributed by atoms with van der Waals surface area (Å²) < 4.78 is 11.0. The van der Waals surface area contributed by atoms with Gasteiger partial charge < -0.3 is 15.2 Å². The number of hydrogen-bond donors (Lipinski definition) is 1. The van der Waals surface area contributed by atoms with Gasteiger partial charge in [0.2, 0.25) is 0 Å². The Kier molecular flexibility index (Phi) is 4.57. The summed E-state index contributed by atoms with van der Waals surface area (Å²) in [5.74, 6) is 0.798. The van der Waals surface area contributed by atoms with Crippen LogP contribution in [0.1, 0.15) is 17.6 Å². The molecule has 1 amide bonds. The number of nitrogens with two attached hydrogens (primary N) is 1. The molecule has 2 aromatic rings. The highest BCUT2D eigenvalue weighted by Crippen LogP contribution is 2.20. The van der Waals surface area contributed by atoms with Crippen LogP contribution in [-0.4, -0.2) is 17.0 Å². The summed E-state index contributed by atoms with van der Waals surface area (Å²) in [7, 11) is 0. The van der Waals surface area contributed by atoms with Gasteiger partial charge in [0.1, 0.15) is 18.1 Å². The van der Waals surface area contributed by atoms with E-state index in [0.29, 0.717) is 12.4 Å². The average molecular weight is 292 g/mol. The Hall–Kier alpha value is -2.08. The first kappa shape index (κ1) is 14.3. The zero-order valence-corrected chi connectivity index (χ0v) is 12.1. The van der Waals surface area contributed by atoms with Crippen LogP contribution in [0, 0.1) is 6.92 Å². The smallest absolute Gasteiger partial charge is 0.258 e. The van der Waals surface area contributed by atoms with Crippen LogP contribution >= 0.6 is 11.3 Å². The molecule has 1 aromatic heterocycles. The highest BCUT2D eigenvalue weighted by Gasteiger charge is 2.09. The Morgan fingerprint density at radius 1 is 1.35 bits per heavy atom. The van der Waals surface area contributed by atoms with Crippen molar-refractivity contribution in [3.8, 4) is 11.5 Å². The van der Waals surface area contributed by atoms with Crippen LogP contribution in [0.2, 0.25) is 0 Å². The van der Waals surface area contributed by atoms with E-state index in [-0.39, 0.29) is 0 Å². The molecule has 0 aliphatic heterocycles. The van der Waals surface area contributed by atoms with Crippen LogP contribution < -0.4 is 15.2 Å². The molecule has 0 aliphatic carbocycles. The second-order valence-electron chi connectivity index (χ2n) is 4.28. The van der Waals surface area contributed by atoms with E-state index in [2.05, 4.69) is 4.98 Å². The molecule has 0 saturated heterocycles. The summed E-state index contributed by atoms with van der Waals surface area (Å²) in [6.07, 6.45) is -0.653. The Balaban J connectivity index is 1.89. The van der Waals surface area contributed by atoms with Gasteiger partial charge in [-0.3, -0.25) is 4.79 Å². The average Bonchev–Trinajstić information content (AvgIpc) is 2.83. The maximum Gasteiger partial charge on any atom is 0.258 e. The molecule has 6 heteroatoms. The number of amides is 1. The Labute approximate surface area is 121 Å². The quantitative estimate of drug-likeness (QED) is 0.886. The number of primary amides is 1. The number of carbonyl (C=O) groups is 1. The monoisotopic (exact) mass is 292 g/mol. The van der Waals surface area contributed by atoms with Gasteiger partial charge in [-0.15, -0.1) is 11.3 Å². The van der Waals surface area contributed by atoms with Crippen molar-refractivity contribution in [2.45, 2.75) is 26.6 Å². The van der Waals surface area contributed by atoms with Crippen molar-refractivity contribution in [1.82, 2.24) is 4.98 Å². The molecule has 2 N–H and O–H groups in total. The normalized spacial score (nSPS) is 11.9. The molecule has 0 aliphatic rings. The number of nitrogens with zero attached hydrogens (tertiary/aromatic N) is 1. The van der Waals surface area contributed by atoms with E-state index in [1.54, 1.807) is 42.5 Å². The van der Waals surface area contributed by atoms with Crippen LogP contribution in [0.4, 0.5) is 0 Å². The third kappa shape index (κ3) is 3.96. The Morgan fingerprint density at radius 2 is 2.00 bits per heavy atom. The molecule has 0 radical (unpaired) electrons. The van der Waals surface area contributed by atoms with Crippen molar-refractivity contribution in [3.63, 3.8) is 0 Å². The topological polar surface area (TPSA) is 74.4 Å². The maximum absolute atomic E-state index is 10.9. The van der Waals surface area contributed by atoms with Gasteiger partial charge in [0, 0.05) is 5.38 Å². The van der Waals surface area contributed by atoms with E-state index in [1.165, 1.54) is 0 Å². The fourth-order valence-corrected chi connectivity index (χ4v) is 2.11. The number of carbonyl (C=O) groups excluding carboxylic acids is 1. The second kappa shape index (κ2) is 6.38. The van der Waals surface area contributed by atoms with Crippen LogP contribution in [0.15, 0.2) is 29.6 Å². The van der Waals surface area contributed by atoms with Crippen LogP contribution in [0.3, 0.4) is 0 Å². The van der Waals surface area contributed by atoms with Gasteiger partial charge >= 0.3 is 0 Å². The summed E-state index contributed by atoms with van der Waals surface area (Å²) >= 11 is 1.60. The lowest BCUT2D eigenvalue weighted by Gasteiger charge is -2.11. The van der Waals surface area contributed by atoms with Gasteiger partial charge in [0.25, 0.3) is 5.91 Å². The highest BCUT2D eigenvalue weighted by atomic mass is 32.1. The molecule has 0 bridgehead atoms. The summed E-state index contributed by atoms with van der Waals surface area (Å²) in [4.78, 5) is 15.2. The third-order valence-electron chi connectivity index (χ3n) is 2.59. The van der Waals surface area contributed by atoms with Crippen molar-refractivity contribution in [2.24, 2.45) is 5.73 Å². The fraction of sp³-hybridized carbons (Fsp3) is 0.286. The van der Waals surface area contributed by atoms with E-state index < -0.39 is 12.0 Å². The molecule has 1 heterocycles. The van der Waals surface area contributed by atoms with Gasteiger partial charge in [0.05, 0.1) is 10.7 Å². The standard InChI is InChI=1S/C14H16N2O3S/c1-9(14(15)17)19-13-5-3-12(4-6-13)18-7-11-8-20-10(2)16-11/h3-6,8-9H,7H2,1-2H3,(H2,15,17). The van der Waals surface area contributed by atoms with E-state index in [4.69, 9.17) is 15.2 Å². The van der Waals surface area contributed by atoms with Crippen LogP contribution in [0.5, 0.6) is 11.5 Å². The molecule has 0 fully saturated rings. The molecule has 1 aromatic carbocycles. The first-order chi connectivity index (χ1) is 9.54. The highest BCUT2D eigenvalue weighted by molar-refractivity contribution is 7.09.